The predicted octanol–water partition coefficient (Wildman–Crippen LogP) is 3.58. The molecule has 0 saturated carbocycles. The van der Waals surface area contributed by atoms with Gasteiger partial charge in [-0.15, -0.1) is 11.3 Å². The molecule has 0 aliphatic carbocycles. The maximum absolute atomic E-state index is 3.49. The van der Waals surface area contributed by atoms with E-state index in [4.69, 9.17) is 0 Å². The first kappa shape index (κ1) is 15.2. The van der Waals surface area contributed by atoms with E-state index in [1.165, 1.54) is 15.8 Å². The summed E-state index contributed by atoms with van der Waals surface area (Å²) >= 11 is 5.31. The Hall–Kier alpha value is 0.1000. The second kappa shape index (κ2) is 8.25. The van der Waals surface area contributed by atoms with Gasteiger partial charge in [0.2, 0.25) is 0 Å². The summed E-state index contributed by atoms with van der Waals surface area (Å²) in [7, 11) is 2.19. The van der Waals surface area contributed by atoms with E-state index in [9.17, 15) is 0 Å². The molecule has 1 rings (SSSR count). The molecule has 0 atom stereocenters. The van der Waals surface area contributed by atoms with Gasteiger partial charge in [0.1, 0.15) is 0 Å². The molecule has 1 heterocycles. The lowest BCUT2D eigenvalue weighted by Crippen LogP contribution is -2.25. The van der Waals surface area contributed by atoms with Crippen molar-refractivity contribution in [3.8, 4) is 0 Å². The van der Waals surface area contributed by atoms with Crippen LogP contribution in [0, 0.1) is 5.92 Å². The van der Waals surface area contributed by atoms with Gasteiger partial charge in [0.15, 0.2) is 0 Å². The van der Waals surface area contributed by atoms with Crippen LogP contribution in [-0.2, 0) is 6.54 Å². The number of hydrogen-bond donors (Lipinski definition) is 1. The second-order valence-corrected chi connectivity index (χ2v) is 6.83. The van der Waals surface area contributed by atoms with E-state index in [0.717, 1.165) is 32.1 Å². The van der Waals surface area contributed by atoms with Crippen LogP contribution in [0.5, 0.6) is 0 Å². The largest absolute Gasteiger partial charge is 0.316 e. The fourth-order valence-electron chi connectivity index (χ4n) is 1.65. The average molecular weight is 319 g/mol. The Balaban J connectivity index is 2.07. The fourth-order valence-corrected chi connectivity index (χ4v) is 3.18. The third-order valence-corrected chi connectivity index (χ3v) is 4.18. The Morgan fingerprint density at radius 1 is 1.47 bits per heavy atom. The zero-order valence-electron chi connectivity index (χ0n) is 11.0. The predicted molar refractivity (Wildman–Crippen MR) is 80.7 cm³/mol. The molecule has 0 unspecified atom stereocenters. The first-order chi connectivity index (χ1) is 8.08. The number of nitrogens with one attached hydrogen (secondary N) is 1. The average Bonchev–Trinajstić information content (AvgIpc) is 2.63. The molecular formula is C13H23BrN2S. The topological polar surface area (TPSA) is 15.3 Å². The van der Waals surface area contributed by atoms with Crippen LogP contribution >= 0.6 is 27.3 Å². The quantitative estimate of drug-likeness (QED) is 0.737. The van der Waals surface area contributed by atoms with E-state index in [1.54, 1.807) is 0 Å². The standard InChI is InChI=1S/C13H23BrN2S/c1-11(2)8-15-5-4-6-16(3)9-13-7-12(14)10-17-13/h7,10-11,15H,4-6,8-9H2,1-3H3. The lowest BCUT2D eigenvalue weighted by molar-refractivity contribution is 0.321. The van der Waals surface area contributed by atoms with E-state index >= 15 is 0 Å². The molecule has 0 aromatic carbocycles. The second-order valence-electron chi connectivity index (χ2n) is 4.92. The molecular weight excluding hydrogens is 296 g/mol. The summed E-state index contributed by atoms with van der Waals surface area (Å²) in [6.45, 7) is 8.95. The summed E-state index contributed by atoms with van der Waals surface area (Å²) in [4.78, 5) is 3.81. The Labute approximate surface area is 118 Å². The minimum atomic E-state index is 0.746. The van der Waals surface area contributed by atoms with Crippen LogP contribution in [0.15, 0.2) is 15.9 Å². The molecule has 0 fully saturated rings. The van der Waals surface area contributed by atoms with Crippen molar-refractivity contribution in [2.75, 3.05) is 26.7 Å². The molecule has 1 N–H and O–H groups in total. The van der Waals surface area contributed by atoms with Crippen molar-refractivity contribution in [1.29, 1.82) is 0 Å². The van der Waals surface area contributed by atoms with Crippen molar-refractivity contribution in [1.82, 2.24) is 10.2 Å². The van der Waals surface area contributed by atoms with Gasteiger partial charge in [0, 0.05) is 21.3 Å². The molecule has 4 heteroatoms. The van der Waals surface area contributed by atoms with Crippen molar-refractivity contribution < 1.29 is 0 Å². The maximum Gasteiger partial charge on any atom is 0.0325 e. The molecule has 1 aromatic heterocycles. The fraction of sp³-hybridized carbons (Fsp3) is 0.692. The molecule has 0 bridgehead atoms. The van der Waals surface area contributed by atoms with Gasteiger partial charge >= 0.3 is 0 Å². The highest BCUT2D eigenvalue weighted by molar-refractivity contribution is 9.10. The molecule has 0 aliphatic rings. The first-order valence-electron chi connectivity index (χ1n) is 6.20. The number of halogens is 1. The summed E-state index contributed by atoms with van der Waals surface area (Å²) in [6, 6.07) is 2.21. The van der Waals surface area contributed by atoms with Crippen LogP contribution in [0.2, 0.25) is 0 Å². The molecule has 17 heavy (non-hydrogen) atoms. The minimum absolute atomic E-state index is 0.746. The van der Waals surface area contributed by atoms with Gasteiger partial charge in [-0.3, -0.25) is 0 Å². The van der Waals surface area contributed by atoms with Crippen LogP contribution in [0.3, 0.4) is 0 Å². The number of thiophene rings is 1. The smallest absolute Gasteiger partial charge is 0.0325 e. The third kappa shape index (κ3) is 7.19. The van der Waals surface area contributed by atoms with Gasteiger partial charge in [-0.25, -0.2) is 0 Å². The minimum Gasteiger partial charge on any atom is -0.316 e. The van der Waals surface area contributed by atoms with Gasteiger partial charge in [-0.1, -0.05) is 13.8 Å². The van der Waals surface area contributed by atoms with Crippen LogP contribution < -0.4 is 5.32 Å². The van der Waals surface area contributed by atoms with Gasteiger partial charge < -0.3 is 10.2 Å². The molecule has 0 aliphatic heterocycles. The molecule has 1 aromatic rings. The Morgan fingerprint density at radius 3 is 2.82 bits per heavy atom. The van der Waals surface area contributed by atoms with Crippen molar-refractivity contribution >= 4 is 27.3 Å². The molecule has 0 spiro atoms. The first-order valence-corrected chi connectivity index (χ1v) is 7.87. The van der Waals surface area contributed by atoms with E-state index in [1.807, 2.05) is 11.3 Å². The maximum atomic E-state index is 3.49. The van der Waals surface area contributed by atoms with Crippen molar-refractivity contribution in [3.05, 3.63) is 20.8 Å². The number of rotatable bonds is 8. The van der Waals surface area contributed by atoms with Gasteiger partial charge in [0.05, 0.1) is 0 Å². The summed E-state index contributed by atoms with van der Waals surface area (Å²) in [5, 5.41) is 5.62. The number of nitrogens with zero attached hydrogens (tertiary/aromatic N) is 1. The SMILES string of the molecule is CC(C)CNCCCN(C)Cc1cc(Br)cs1. The van der Waals surface area contributed by atoms with Crippen LogP contribution in [0.1, 0.15) is 25.1 Å². The lowest BCUT2D eigenvalue weighted by Gasteiger charge is -2.15. The van der Waals surface area contributed by atoms with Crippen LogP contribution in [0.4, 0.5) is 0 Å². The highest BCUT2D eigenvalue weighted by Crippen LogP contribution is 2.20. The zero-order chi connectivity index (χ0) is 12.7. The van der Waals surface area contributed by atoms with Crippen molar-refractivity contribution in [3.63, 3.8) is 0 Å². The van der Waals surface area contributed by atoms with E-state index < -0.39 is 0 Å². The van der Waals surface area contributed by atoms with Crippen molar-refractivity contribution in [2.45, 2.75) is 26.8 Å². The van der Waals surface area contributed by atoms with Gasteiger partial charge in [0.25, 0.3) is 0 Å². The normalized spacial score (nSPS) is 11.6. The summed E-state index contributed by atoms with van der Waals surface area (Å²) in [6.07, 6.45) is 1.22. The lowest BCUT2D eigenvalue weighted by atomic mass is 10.2. The monoisotopic (exact) mass is 318 g/mol. The number of hydrogen-bond acceptors (Lipinski definition) is 3. The highest BCUT2D eigenvalue weighted by Gasteiger charge is 2.02. The Morgan fingerprint density at radius 2 is 2.24 bits per heavy atom. The third-order valence-electron chi connectivity index (χ3n) is 2.49. The summed E-state index contributed by atoms with van der Waals surface area (Å²) in [5.41, 5.74) is 0. The molecule has 98 valence electrons. The van der Waals surface area contributed by atoms with Gasteiger partial charge in [-0.2, -0.15) is 0 Å². The van der Waals surface area contributed by atoms with Crippen molar-refractivity contribution in [2.24, 2.45) is 5.92 Å². The van der Waals surface area contributed by atoms with Gasteiger partial charge in [-0.05, 0) is 61.0 Å². The zero-order valence-corrected chi connectivity index (χ0v) is 13.4. The molecule has 2 nitrogen and oxygen atoms in total. The molecule has 0 radical (unpaired) electrons. The highest BCUT2D eigenvalue weighted by atomic mass is 79.9. The summed E-state index contributed by atoms with van der Waals surface area (Å²) < 4.78 is 1.20. The van der Waals surface area contributed by atoms with E-state index in [2.05, 4.69) is 58.5 Å². The van der Waals surface area contributed by atoms with Crippen LogP contribution in [0.25, 0.3) is 0 Å². The Bertz CT molecular complexity index is 312. The summed E-state index contributed by atoms with van der Waals surface area (Å²) in [5.74, 6) is 0.746. The molecule has 0 amide bonds. The van der Waals surface area contributed by atoms with E-state index in [0.29, 0.717) is 0 Å². The molecule has 0 saturated heterocycles. The Kier molecular flexibility index (Phi) is 7.35. The van der Waals surface area contributed by atoms with Crippen LogP contribution in [-0.4, -0.2) is 31.6 Å². The van der Waals surface area contributed by atoms with E-state index in [-0.39, 0.29) is 0 Å².